The molecule has 1 amide bonds. The van der Waals surface area contributed by atoms with E-state index in [1.165, 1.54) is 35.5 Å². The second kappa shape index (κ2) is 25.9. The maximum atomic E-state index is 14.5. The number of esters is 1. The molecule has 3 aromatic rings. The van der Waals surface area contributed by atoms with Crippen LogP contribution < -0.4 is 10.6 Å². The summed E-state index contributed by atoms with van der Waals surface area (Å²) >= 11 is 5.24. The van der Waals surface area contributed by atoms with Gasteiger partial charge in [0.2, 0.25) is 5.91 Å². The fourth-order valence-electron chi connectivity index (χ4n) is 11.8. The van der Waals surface area contributed by atoms with Gasteiger partial charge in [0.15, 0.2) is 16.7 Å². The smallest absolute Gasteiger partial charge is 0.312 e. The fourth-order valence-corrected chi connectivity index (χ4v) is 14.7. The van der Waals surface area contributed by atoms with E-state index in [2.05, 4.69) is 53.1 Å². The summed E-state index contributed by atoms with van der Waals surface area (Å²) in [5.41, 5.74) is -2.95. The van der Waals surface area contributed by atoms with Gasteiger partial charge in [-0.1, -0.05) is 62.0 Å². The van der Waals surface area contributed by atoms with Crippen molar-refractivity contribution in [3.8, 4) is 21.6 Å². The lowest BCUT2D eigenvalue weighted by Crippen LogP contribution is -2.70. The van der Waals surface area contributed by atoms with Crippen LogP contribution in [0.4, 0.5) is 0 Å². The molecule has 78 heavy (non-hydrogen) atoms. The molecular formula is C58H85IN4O13S2. The van der Waals surface area contributed by atoms with E-state index in [4.69, 9.17) is 28.4 Å². The number of benzene rings is 2. The Morgan fingerprint density at radius 3 is 2.24 bits per heavy atom. The highest BCUT2D eigenvalue weighted by molar-refractivity contribution is 14.1. The molecule has 0 radical (unpaired) electrons. The molecule has 4 aliphatic rings. The van der Waals surface area contributed by atoms with E-state index >= 15 is 0 Å². The van der Waals surface area contributed by atoms with Crippen LogP contribution in [0.5, 0.6) is 0 Å². The van der Waals surface area contributed by atoms with Gasteiger partial charge < -0.3 is 74.4 Å². The van der Waals surface area contributed by atoms with E-state index in [9.17, 15) is 35.1 Å². The topological polar surface area (TPSA) is 221 Å². The zero-order valence-corrected chi connectivity index (χ0v) is 51.3. The first-order valence-corrected chi connectivity index (χ1v) is 30.1. The standard InChI is InChI=1S/C58H85IN4O13S2/c1-32-28-55(7,68)51(75-53-47(65)42(62(10)11)26-33(2)72-53)34(3)48(35(4)52(67)76-54(59)57(9,69)50(66)36(5)63(12)30-32)74-46-29-56(8,71-13)58(70,37(6)73-46)31-60-24-25-61-45(64)23-22-38-27-41-39-18-14-16-20-43(39)78-44-21-17-15-19-40(44)49(41)77-38/h14-23,27,32-37,42,46-48,50-51,53-54,60,65-66,68-70H,24-26,28-31H2,1-13H3,(H,61,64)/b23-22+/t32-,33-,34+,35-,36-,37+,42+,46+,47-,48+,50-,51-,53+,54+,55-,56-,57+,58+/m1/s1. The summed E-state index contributed by atoms with van der Waals surface area (Å²) < 4.78 is 37.5. The van der Waals surface area contributed by atoms with Crippen molar-refractivity contribution in [3.63, 3.8) is 0 Å². The fraction of sp³-hybridized carbons (Fsp3) is 0.655. The van der Waals surface area contributed by atoms with Crippen molar-refractivity contribution in [2.24, 2.45) is 17.8 Å². The van der Waals surface area contributed by atoms with Crippen LogP contribution in [0.25, 0.3) is 27.6 Å². The summed E-state index contributed by atoms with van der Waals surface area (Å²) in [5.74, 6) is -3.15. The number of alkyl halides is 1. The molecular weight excluding hydrogens is 1150 g/mol. The Hall–Kier alpha value is -2.62. The van der Waals surface area contributed by atoms with Crippen LogP contribution >= 0.6 is 45.7 Å². The first kappa shape index (κ1) is 63.0. The number of rotatable bonds is 13. The number of hydrogen-bond donors (Lipinski definition) is 7. The Kier molecular flexibility index (Phi) is 20.9. The highest BCUT2D eigenvalue weighted by Gasteiger charge is 2.58. The van der Waals surface area contributed by atoms with Gasteiger partial charge in [-0.05, 0) is 141 Å². The summed E-state index contributed by atoms with van der Waals surface area (Å²) in [6.45, 7) is 16.7. The molecule has 3 fully saturated rings. The van der Waals surface area contributed by atoms with Gasteiger partial charge in [0.1, 0.15) is 29.0 Å². The summed E-state index contributed by atoms with van der Waals surface area (Å²) in [6, 6.07) is 18.0. The number of thiophene rings is 1. The number of fused-ring (bicyclic) bond motifs is 5. The molecule has 4 aliphatic heterocycles. The highest BCUT2D eigenvalue weighted by Crippen LogP contribution is 2.51. The molecule has 20 heteroatoms. The number of halogens is 1. The Labute approximate surface area is 483 Å². The molecule has 434 valence electrons. The molecule has 17 nitrogen and oxygen atoms in total. The summed E-state index contributed by atoms with van der Waals surface area (Å²) in [5, 5.41) is 66.6. The first-order valence-electron chi connectivity index (χ1n) is 27.2. The number of likely N-dealkylation sites (N-methyl/N-ethyl adjacent to an activating group) is 2. The van der Waals surface area contributed by atoms with Crippen molar-refractivity contribution in [2.75, 3.05) is 54.4 Å². The molecule has 0 saturated carbocycles. The maximum absolute atomic E-state index is 14.5. The summed E-state index contributed by atoms with van der Waals surface area (Å²) in [4.78, 5) is 36.0. The Morgan fingerprint density at radius 1 is 0.923 bits per heavy atom. The van der Waals surface area contributed by atoms with E-state index in [0.717, 1.165) is 20.9 Å². The van der Waals surface area contributed by atoms with Crippen LogP contribution in [0, 0.1) is 17.8 Å². The average Bonchev–Trinajstić information content (AvgIpc) is 3.85. The van der Waals surface area contributed by atoms with Crippen LogP contribution in [0.15, 0.2) is 70.5 Å². The molecule has 0 spiro atoms. The van der Waals surface area contributed by atoms with Crippen LogP contribution in [0.2, 0.25) is 0 Å². The van der Waals surface area contributed by atoms with Crippen molar-refractivity contribution in [1.82, 2.24) is 20.4 Å². The minimum atomic E-state index is -1.88. The Morgan fingerprint density at radius 2 is 1.58 bits per heavy atom. The number of hydrogen-bond acceptors (Lipinski definition) is 18. The van der Waals surface area contributed by atoms with Gasteiger partial charge in [0.05, 0.1) is 35.9 Å². The zero-order valence-electron chi connectivity index (χ0n) is 47.5. The van der Waals surface area contributed by atoms with Crippen LogP contribution in [-0.4, -0.2) is 189 Å². The number of cyclic esters (lactones) is 1. The van der Waals surface area contributed by atoms with Gasteiger partial charge in [-0.25, -0.2) is 0 Å². The SMILES string of the molecule is CO[C@]1(C)C[C@H](O[C@H]2[C@H](C)[C@@H](O[C@@H]3O[C@H](C)C[C@H](N(C)C)[C@H]3O)[C@](C)(O)C[C@@H](C)CN(C)[C@H](C)[C@@H](O)[C@](C)(O)[C@@H](I)OC(=O)[C@@H]2C)O[C@@H](C)[C@@]1(O)CNCCNC(=O)/C=C/c1cc2c(s1)-c1ccccc1Sc1ccccc1-2. The van der Waals surface area contributed by atoms with E-state index in [1.54, 1.807) is 64.6 Å². The van der Waals surface area contributed by atoms with Crippen molar-refractivity contribution >= 4 is 63.6 Å². The summed E-state index contributed by atoms with van der Waals surface area (Å²) in [6.07, 6.45) is -4.06. The molecule has 0 aliphatic carbocycles. The highest BCUT2D eigenvalue weighted by atomic mass is 127. The number of carbonyl (C=O) groups is 2. The number of aliphatic hydroxyl groups is 5. The van der Waals surface area contributed by atoms with Gasteiger partial charge in [-0.3, -0.25) is 9.59 Å². The van der Waals surface area contributed by atoms with Gasteiger partial charge >= 0.3 is 5.97 Å². The van der Waals surface area contributed by atoms with Crippen LogP contribution in [0.3, 0.4) is 0 Å². The molecule has 7 rings (SSSR count). The van der Waals surface area contributed by atoms with E-state index in [0.29, 0.717) is 19.5 Å². The average molecular weight is 1240 g/mol. The van der Waals surface area contributed by atoms with Crippen LogP contribution in [0.1, 0.15) is 86.5 Å². The molecule has 1 aromatic heterocycles. The maximum Gasteiger partial charge on any atom is 0.312 e. The van der Waals surface area contributed by atoms with Gasteiger partial charge in [0.25, 0.3) is 0 Å². The third-order valence-electron chi connectivity index (χ3n) is 16.8. The van der Waals surface area contributed by atoms with Crippen molar-refractivity contribution in [1.29, 1.82) is 0 Å². The largest absolute Gasteiger partial charge is 0.448 e. The number of nitrogens with one attached hydrogen (secondary N) is 2. The van der Waals surface area contributed by atoms with E-state index in [-0.39, 0.29) is 49.9 Å². The lowest BCUT2D eigenvalue weighted by Gasteiger charge is -2.53. The minimum absolute atomic E-state index is 0.00778. The predicted molar refractivity (Wildman–Crippen MR) is 311 cm³/mol. The normalized spacial score (nSPS) is 38.3. The van der Waals surface area contributed by atoms with E-state index in [1.807, 2.05) is 85.6 Å². The number of methoxy groups -OCH3 is 1. The second-order valence-corrected chi connectivity index (χ2v) is 26.5. The molecule has 5 heterocycles. The zero-order chi connectivity index (χ0) is 57.2. The van der Waals surface area contributed by atoms with Crippen molar-refractivity contribution in [3.05, 3.63) is 65.6 Å². The number of ether oxygens (including phenoxy) is 6. The lowest BCUT2D eigenvalue weighted by molar-refractivity contribution is -0.336. The van der Waals surface area contributed by atoms with Gasteiger partial charge in [0, 0.05) is 94.5 Å². The van der Waals surface area contributed by atoms with Gasteiger partial charge in [-0.2, -0.15) is 0 Å². The molecule has 7 N–H and O–H groups in total. The van der Waals surface area contributed by atoms with Crippen molar-refractivity contribution < 1.29 is 63.5 Å². The van der Waals surface area contributed by atoms with Crippen LogP contribution in [-0.2, 0) is 38.0 Å². The number of carbonyl (C=O) groups excluding carboxylic acids is 2. The molecule has 2 aromatic carbocycles. The third-order valence-corrected chi connectivity index (χ3v) is 20.6. The molecule has 0 bridgehead atoms. The van der Waals surface area contributed by atoms with Crippen molar-refractivity contribution in [2.45, 2.75) is 179 Å². The first-order chi connectivity index (χ1) is 36.6. The number of nitrogens with zero attached hydrogens (tertiary/aromatic N) is 2. The summed E-state index contributed by atoms with van der Waals surface area (Å²) in [7, 11) is 7.08. The van der Waals surface area contributed by atoms with Gasteiger partial charge in [-0.15, -0.1) is 11.3 Å². The number of amides is 1. The molecule has 3 saturated heterocycles. The Balaban J connectivity index is 1.07. The Bertz CT molecular complexity index is 2490. The third kappa shape index (κ3) is 13.7. The second-order valence-electron chi connectivity index (χ2n) is 23.2. The molecule has 18 atom stereocenters. The van der Waals surface area contributed by atoms with E-state index < -0.39 is 93.5 Å². The number of aliphatic hydroxyl groups excluding tert-OH is 2. The molecule has 0 unspecified atom stereocenters. The predicted octanol–water partition coefficient (Wildman–Crippen LogP) is 6.53. The minimum Gasteiger partial charge on any atom is -0.448 e. The monoisotopic (exact) mass is 1240 g/mol. The lowest BCUT2D eigenvalue weighted by atomic mass is 9.75. The quantitative estimate of drug-likeness (QED) is 0.0249.